The van der Waals surface area contributed by atoms with E-state index in [4.69, 9.17) is 0 Å². The Kier molecular flexibility index (Phi) is 3.67. The lowest BCUT2D eigenvalue weighted by Crippen LogP contribution is -2.55. The molecule has 1 atom stereocenters. The molecule has 3 heteroatoms. The van der Waals surface area contributed by atoms with E-state index < -0.39 is 0 Å². The van der Waals surface area contributed by atoms with Crippen LogP contribution < -0.4 is 5.32 Å². The number of ketones is 1. The molecule has 3 nitrogen and oxygen atoms in total. The van der Waals surface area contributed by atoms with Crippen LogP contribution in [0.3, 0.4) is 0 Å². The van der Waals surface area contributed by atoms with Crippen molar-refractivity contribution >= 4 is 5.78 Å². The number of nitrogens with one attached hydrogen (secondary N) is 1. The average molecular weight is 198 g/mol. The summed E-state index contributed by atoms with van der Waals surface area (Å²) in [7, 11) is 0. The molecule has 0 aromatic rings. The van der Waals surface area contributed by atoms with E-state index in [9.17, 15) is 4.79 Å². The first-order chi connectivity index (χ1) is 6.43. The summed E-state index contributed by atoms with van der Waals surface area (Å²) in [6, 6.07) is 0.0737. The van der Waals surface area contributed by atoms with E-state index in [1.165, 1.54) is 0 Å². The first-order valence-electron chi connectivity index (χ1n) is 5.38. The third-order valence-corrected chi connectivity index (χ3v) is 2.72. The summed E-state index contributed by atoms with van der Waals surface area (Å²) < 4.78 is 0. The van der Waals surface area contributed by atoms with Crippen LogP contribution in [0.1, 0.15) is 27.7 Å². The highest BCUT2D eigenvalue weighted by atomic mass is 16.1. The predicted octanol–water partition coefficient (Wildman–Crippen LogP) is 0.895. The van der Waals surface area contributed by atoms with E-state index in [-0.39, 0.29) is 11.5 Å². The topological polar surface area (TPSA) is 32.3 Å². The lowest BCUT2D eigenvalue weighted by atomic mass is 9.83. The van der Waals surface area contributed by atoms with Gasteiger partial charge in [0.2, 0.25) is 0 Å². The molecule has 0 aromatic carbocycles. The molecule has 0 bridgehead atoms. The Balaban J connectivity index is 2.71. The van der Waals surface area contributed by atoms with E-state index in [1.54, 1.807) is 6.92 Å². The Hall–Kier alpha value is -0.410. The number of piperazine rings is 1. The third kappa shape index (κ3) is 2.79. The maximum Gasteiger partial charge on any atom is 0.147 e. The van der Waals surface area contributed by atoms with Crippen LogP contribution in [0, 0.1) is 5.41 Å². The Labute approximate surface area is 86.9 Å². The monoisotopic (exact) mass is 198 g/mol. The van der Waals surface area contributed by atoms with Gasteiger partial charge in [0.25, 0.3) is 0 Å². The van der Waals surface area contributed by atoms with Gasteiger partial charge in [0.1, 0.15) is 5.78 Å². The molecule has 1 unspecified atom stereocenters. The molecule has 1 rings (SSSR count). The van der Waals surface area contributed by atoms with Crippen molar-refractivity contribution in [3.05, 3.63) is 0 Å². The molecular formula is C11H22N2O. The van der Waals surface area contributed by atoms with Crippen LogP contribution in [0.5, 0.6) is 0 Å². The number of hydrogen-bond donors (Lipinski definition) is 1. The summed E-state index contributed by atoms with van der Waals surface area (Å²) in [6.07, 6.45) is 0. The second-order valence-corrected chi connectivity index (χ2v) is 5.17. The fourth-order valence-electron chi connectivity index (χ4n) is 2.35. The van der Waals surface area contributed by atoms with Crippen molar-refractivity contribution in [1.82, 2.24) is 10.2 Å². The van der Waals surface area contributed by atoms with Gasteiger partial charge >= 0.3 is 0 Å². The van der Waals surface area contributed by atoms with Gasteiger partial charge in [-0.1, -0.05) is 20.8 Å². The van der Waals surface area contributed by atoms with Gasteiger partial charge in [-0.05, 0) is 12.3 Å². The summed E-state index contributed by atoms with van der Waals surface area (Å²) >= 11 is 0. The zero-order chi connectivity index (χ0) is 10.8. The van der Waals surface area contributed by atoms with Crippen LogP contribution in [-0.2, 0) is 4.79 Å². The van der Waals surface area contributed by atoms with Crippen LogP contribution >= 0.6 is 0 Å². The zero-order valence-electron chi connectivity index (χ0n) is 9.76. The minimum Gasteiger partial charge on any atom is -0.314 e. The molecule has 0 aliphatic carbocycles. The number of hydrogen-bond acceptors (Lipinski definition) is 3. The largest absolute Gasteiger partial charge is 0.314 e. The summed E-state index contributed by atoms with van der Waals surface area (Å²) in [5.41, 5.74) is 0.0448. The van der Waals surface area contributed by atoms with Crippen molar-refractivity contribution in [2.24, 2.45) is 5.41 Å². The quantitative estimate of drug-likeness (QED) is 0.715. The molecular weight excluding hydrogens is 176 g/mol. The number of rotatable bonds is 2. The van der Waals surface area contributed by atoms with Gasteiger partial charge in [0, 0.05) is 26.2 Å². The molecule has 1 fully saturated rings. The molecule has 1 aliphatic heterocycles. The van der Waals surface area contributed by atoms with Crippen molar-refractivity contribution in [3.63, 3.8) is 0 Å². The molecule has 0 aromatic heterocycles. The molecule has 1 aliphatic rings. The highest BCUT2D eigenvalue weighted by Gasteiger charge is 2.34. The Morgan fingerprint density at radius 3 is 2.14 bits per heavy atom. The SMILES string of the molecule is CC(=O)C(N1CCNCC1)C(C)(C)C. The minimum atomic E-state index is 0.0448. The van der Waals surface area contributed by atoms with Gasteiger partial charge in [0.15, 0.2) is 0 Å². The van der Waals surface area contributed by atoms with Crippen molar-refractivity contribution in [1.29, 1.82) is 0 Å². The van der Waals surface area contributed by atoms with Crippen LogP contribution in [0.4, 0.5) is 0 Å². The van der Waals surface area contributed by atoms with E-state index >= 15 is 0 Å². The average Bonchev–Trinajstić information content (AvgIpc) is 2.02. The van der Waals surface area contributed by atoms with Gasteiger partial charge in [-0.15, -0.1) is 0 Å². The minimum absolute atomic E-state index is 0.0448. The summed E-state index contributed by atoms with van der Waals surface area (Å²) in [5.74, 6) is 0.291. The van der Waals surface area contributed by atoms with Gasteiger partial charge in [-0.2, -0.15) is 0 Å². The molecule has 0 radical (unpaired) electrons. The smallest absolute Gasteiger partial charge is 0.147 e. The van der Waals surface area contributed by atoms with Gasteiger partial charge in [-0.3, -0.25) is 9.69 Å². The van der Waals surface area contributed by atoms with Crippen molar-refractivity contribution in [2.45, 2.75) is 33.7 Å². The second kappa shape index (κ2) is 4.41. The standard InChI is InChI=1S/C11H22N2O/c1-9(14)10(11(2,3)4)13-7-5-12-6-8-13/h10,12H,5-8H2,1-4H3. The fraction of sp³-hybridized carbons (Fsp3) is 0.909. The molecule has 1 heterocycles. The first kappa shape index (κ1) is 11.7. The molecule has 1 saturated heterocycles. The highest BCUT2D eigenvalue weighted by molar-refractivity contribution is 5.82. The maximum atomic E-state index is 11.6. The van der Waals surface area contributed by atoms with Crippen LogP contribution in [0.2, 0.25) is 0 Å². The Bertz CT molecular complexity index is 202. The van der Waals surface area contributed by atoms with E-state index in [1.807, 2.05) is 0 Å². The van der Waals surface area contributed by atoms with Gasteiger partial charge in [0.05, 0.1) is 6.04 Å². The van der Waals surface area contributed by atoms with Crippen LogP contribution in [0.25, 0.3) is 0 Å². The molecule has 0 saturated carbocycles. The molecule has 82 valence electrons. The van der Waals surface area contributed by atoms with Crippen molar-refractivity contribution in [2.75, 3.05) is 26.2 Å². The second-order valence-electron chi connectivity index (χ2n) is 5.17. The number of nitrogens with zero attached hydrogens (tertiary/aromatic N) is 1. The molecule has 0 amide bonds. The molecule has 1 N–H and O–H groups in total. The number of carbonyl (C=O) groups is 1. The van der Waals surface area contributed by atoms with Gasteiger partial charge in [-0.25, -0.2) is 0 Å². The highest BCUT2D eigenvalue weighted by Crippen LogP contribution is 2.25. The summed E-state index contributed by atoms with van der Waals surface area (Å²) in [5, 5.41) is 3.31. The van der Waals surface area contributed by atoms with E-state index in [2.05, 4.69) is 31.0 Å². The lowest BCUT2D eigenvalue weighted by molar-refractivity contribution is -0.126. The van der Waals surface area contributed by atoms with E-state index in [0.717, 1.165) is 26.2 Å². The normalized spacial score (nSPS) is 22.0. The van der Waals surface area contributed by atoms with Crippen molar-refractivity contribution in [3.8, 4) is 0 Å². The van der Waals surface area contributed by atoms with Gasteiger partial charge < -0.3 is 5.32 Å². The van der Waals surface area contributed by atoms with Crippen molar-refractivity contribution < 1.29 is 4.79 Å². The first-order valence-corrected chi connectivity index (χ1v) is 5.38. The predicted molar refractivity (Wildman–Crippen MR) is 58.4 cm³/mol. The zero-order valence-corrected chi connectivity index (χ0v) is 9.76. The third-order valence-electron chi connectivity index (χ3n) is 2.72. The maximum absolute atomic E-state index is 11.6. The number of Topliss-reactive ketones (excluding diaryl/α,β-unsaturated/α-hetero) is 1. The van der Waals surface area contributed by atoms with Crippen LogP contribution in [-0.4, -0.2) is 42.9 Å². The number of carbonyl (C=O) groups excluding carboxylic acids is 1. The summed E-state index contributed by atoms with van der Waals surface area (Å²) in [6.45, 7) is 12.1. The van der Waals surface area contributed by atoms with Crippen LogP contribution in [0.15, 0.2) is 0 Å². The van der Waals surface area contributed by atoms with E-state index in [0.29, 0.717) is 5.78 Å². The fourth-order valence-corrected chi connectivity index (χ4v) is 2.35. The lowest BCUT2D eigenvalue weighted by Gasteiger charge is -2.40. The molecule has 14 heavy (non-hydrogen) atoms. The molecule has 0 spiro atoms. The Morgan fingerprint density at radius 1 is 1.29 bits per heavy atom. The Morgan fingerprint density at radius 2 is 1.79 bits per heavy atom. The summed E-state index contributed by atoms with van der Waals surface area (Å²) in [4.78, 5) is 13.9.